The third-order valence-electron chi connectivity index (χ3n) is 5.02. The van der Waals surface area contributed by atoms with E-state index in [1.807, 2.05) is 0 Å². The molecule has 2 heterocycles. The zero-order valence-electron chi connectivity index (χ0n) is 17.2. The summed E-state index contributed by atoms with van der Waals surface area (Å²) < 4.78 is 47.2. The summed E-state index contributed by atoms with van der Waals surface area (Å²) in [5.74, 6) is -0.262. The minimum Gasteiger partial charge on any atom is -0.451 e. The number of nitrogens with one attached hydrogen (secondary N) is 2. The van der Waals surface area contributed by atoms with E-state index in [2.05, 4.69) is 15.0 Å². The van der Waals surface area contributed by atoms with E-state index in [0.29, 0.717) is 24.5 Å². The molecule has 2 aromatic carbocycles. The second-order valence-electron chi connectivity index (χ2n) is 7.37. The Balaban J connectivity index is 1.43. The Labute approximate surface area is 185 Å². The lowest BCUT2D eigenvalue weighted by molar-refractivity contribution is 0.0997. The molecule has 1 amide bonds. The number of halogens is 1. The lowest BCUT2D eigenvalue weighted by Crippen LogP contribution is -2.30. The van der Waals surface area contributed by atoms with Crippen LogP contribution in [0.25, 0.3) is 11.3 Å². The van der Waals surface area contributed by atoms with Crippen LogP contribution in [0.2, 0.25) is 0 Å². The molecule has 1 aliphatic rings. The summed E-state index contributed by atoms with van der Waals surface area (Å²) in [5, 5.41) is 2.64. The van der Waals surface area contributed by atoms with Gasteiger partial charge in [0.2, 0.25) is 0 Å². The van der Waals surface area contributed by atoms with E-state index in [4.69, 9.17) is 4.42 Å². The van der Waals surface area contributed by atoms with Crippen molar-refractivity contribution in [2.75, 3.05) is 11.9 Å². The second kappa shape index (κ2) is 9.35. The van der Waals surface area contributed by atoms with Crippen LogP contribution in [-0.2, 0) is 10.0 Å². The summed E-state index contributed by atoms with van der Waals surface area (Å²) >= 11 is 0. The number of furan rings is 1. The predicted molar refractivity (Wildman–Crippen MR) is 120 cm³/mol. The molecule has 0 aliphatic carbocycles. The number of amides is 1. The van der Waals surface area contributed by atoms with Gasteiger partial charge in [-0.15, -0.1) is 0 Å². The number of benzene rings is 2. The summed E-state index contributed by atoms with van der Waals surface area (Å²) in [7, 11) is -3.75. The third-order valence-corrected chi connectivity index (χ3v) is 6.42. The van der Waals surface area contributed by atoms with E-state index in [1.165, 1.54) is 42.5 Å². The molecule has 2 N–H and O–H groups in total. The van der Waals surface area contributed by atoms with Crippen molar-refractivity contribution < 1.29 is 22.0 Å². The Morgan fingerprint density at radius 3 is 2.53 bits per heavy atom. The van der Waals surface area contributed by atoms with Crippen molar-refractivity contribution in [1.29, 1.82) is 0 Å². The minimum absolute atomic E-state index is 0.00740. The first kappa shape index (κ1) is 21.8. The molecule has 0 saturated carbocycles. The largest absolute Gasteiger partial charge is 0.451 e. The van der Waals surface area contributed by atoms with E-state index in [9.17, 15) is 17.6 Å². The molecule has 32 heavy (non-hydrogen) atoms. The van der Waals surface area contributed by atoms with Gasteiger partial charge in [0.1, 0.15) is 17.4 Å². The summed E-state index contributed by atoms with van der Waals surface area (Å²) in [5.41, 5.74) is 0.650. The Morgan fingerprint density at radius 2 is 1.75 bits per heavy atom. The maximum atomic E-state index is 13.9. The van der Waals surface area contributed by atoms with Gasteiger partial charge in [0, 0.05) is 18.7 Å². The fraction of sp³-hybridized carbons (Fsp3) is 0.217. The van der Waals surface area contributed by atoms with Crippen molar-refractivity contribution in [2.24, 2.45) is 4.99 Å². The van der Waals surface area contributed by atoms with E-state index in [0.717, 1.165) is 19.3 Å². The summed E-state index contributed by atoms with van der Waals surface area (Å²) in [6, 6.07) is 14.9. The highest BCUT2D eigenvalue weighted by Crippen LogP contribution is 2.25. The number of anilines is 1. The van der Waals surface area contributed by atoms with Crippen molar-refractivity contribution in [2.45, 2.75) is 30.6 Å². The topological polar surface area (TPSA) is 101 Å². The lowest BCUT2D eigenvalue weighted by Gasteiger charge is -2.10. The predicted octanol–water partition coefficient (Wildman–Crippen LogP) is 4.59. The van der Waals surface area contributed by atoms with Gasteiger partial charge in [-0.1, -0.05) is 18.6 Å². The molecule has 0 spiro atoms. The van der Waals surface area contributed by atoms with Crippen molar-refractivity contribution in [1.82, 2.24) is 4.72 Å². The van der Waals surface area contributed by atoms with Gasteiger partial charge in [-0.05, 0) is 61.4 Å². The zero-order valence-corrected chi connectivity index (χ0v) is 18.0. The molecule has 7 nitrogen and oxygen atoms in total. The molecule has 166 valence electrons. The highest BCUT2D eigenvalue weighted by molar-refractivity contribution is 7.90. The molecule has 0 bridgehead atoms. The van der Waals surface area contributed by atoms with Gasteiger partial charge in [-0.25, -0.2) is 12.8 Å². The van der Waals surface area contributed by atoms with Crippen LogP contribution in [0, 0.1) is 5.82 Å². The number of aliphatic imine (C=N–C) groups is 1. The van der Waals surface area contributed by atoms with Crippen LogP contribution in [-0.4, -0.2) is 26.7 Å². The molecule has 0 radical (unpaired) electrons. The number of amidine groups is 1. The fourth-order valence-electron chi connectivity index (χ4n) is 3.35. The number of rotatable bonds is 5. The first-order valence-electron chi connectivity index (χ1n) is 10.2. The first-order valence-corrected chi connectivity index (χ1v) is 11.7. The standard InChI is InChI=1S/C23H22FN3O4S/c24-19-7-4-3-6-18(19)20-13-14-21(31-20)23(28)26-16-9-11-17(12-10-16)32(29,30)27-22-8-2-1-5-15-25-22/h3-4,6-7,9-14H,1-2,5,8,15H2,(H,25,27)(H,26,28). The van der Waals surface area contributed by atoms with Gasteiger partial charge in [-0.3, -0.25) is 14.5 Å². The third kappa shape index (κ3) is 5.05. The number of hydrogen-bond donors (Lipinski definition) is 2. The quantitative estimate of drug-likeness (QED) is 0.588. The average Bonchev–Trinajstić information content (AvgIpc) is 3.13. The van der Waals surface area contributed by atoms with Crippen LogP contribution in [0.4, 0.5) is 10.1 Å². The molecule has 1 aromatic heterocycles. The monoisotopic (exact) mass is 455 g/mol. The molecular formula is C23H22FN3O4S. The molecule has 0 atom stereocenters. The van der Waals surface area contributed by atoms with Crippen molar-refractivity contribution in [3.05, 3.63) is 72.2 Å². The molecule has 9 heteroatoms. The maximum Gasteiger partial charge on any atom is 0.291 e. The molecule has 1 aliphatic heterocycles. The molecule has 0 fully saturated rings. The summed E-state index contributed by atoms with van der Waals surface area (Å²) in [6.07, 6.45) is 3.49. The number of sulfonamides is 1. The zero-order chi connectivity index (χ0) is 22.6. The summed E-state index contributed by atoms with van der Waals surface area (Å²) in [4.78, 5) is 16.8. The molecule has 0 saturated heterocycles. The van der Waals surface area contributed by atoms with Crippen LogP contribution >= 0.6 is 0 Å². The van der Waals surface area contributed by atoms with Crippen LogP contribution < -0.4 is 10.0 Å². The Kier molecular flexibility index (Phi) is 6.36. The highest BCUT2D eigenvalue weighted by atomic mass is 32.2. The average molecular weight is 456 g/mol. The molecule has 3 aromatic rings. The lowest BCUT2D eigenvalue weighted by atomic mass is 10.1. The number of hydrogen-bond acceptors (Lipinski definition) is 5. The second-order valence-corrected chi connectivity index (χ2v) is 9.05. The van der Waals surface area contributed by atoms with E-state index in [-0.39, 0.29) is 22.0 Å². The summed E-state index contributed by atoms with van der Waals surface area (Å²) in [6.45, 7) is 0.619. The Hall–Kier alpha value is -3.46. The van der Waals surface area contributed by atoms with Gasteiger partial charge >= 0.3 is 0 Å². The molecule has 4 rings (SSSR count). The first-order chi connectivity index (χ1) is 15.4. The Bertz CT molecular complexity index is 1250. The molecule has 0 unspecified atom stereocenters. The SMILES string of the molecule is O=C(Nc1ccc(S(=O)(=O)NC2=NCCCCC2)cc1)c1ccc(-c2ccccc2F)o1. The van der Waals surface area contributed by atoms with Crippen molar-refractivity contribution >= 4 is 27.5 Å². The van der Waals surface area contributed by atoms with Crippen molar-refractivity contribution in [3.8, 4) is 11.3 Å². The number of carbonyl (C=O) groups excluding carboxylic acids is 1. The Morgan fingerprint density at radius 1 is 0.969 bits per heavy atom. The van der Waals surface area contributed by atoms with Crippen LogP contribution in [0.3, 0.4) is 0 Å². The normalized spacial score (nSPS) is 14.3. The van der Waals surface area contributed by atoms with Crippen LogP contribution in [0.15, 0.2) is 75.0 Å². The maximum absolute atomic E-state index is 13.9. The van der Waals surface area contributed by atoms with Gasteiger partial charge in [0.15, 0.2) is 5.76 Å². The van der Waals surface area contributed by atoms with E-state index >= 15 is 0 Å². The van der Waals surface area contributed by atoms with Crippen LogP contribution in [0.1, 0.15) is 36.2 Å². The highest BCUT2D eigenvalue weighted by Gasteiger charge is 2.18. The van der Waals surface area contributed by atoms with Gasteiger partial charge in [0.05, 0.1) is 10.5 Å². The van der Waals surface area contributed by atoms with Gasteiger partial charge < -0.3 is 9.73 Å². The van der Waals surface area contributed by atoms with Crippen molar-refractivity contribution in [3.63, 3.8) is 0 Å². The minimum atomic E-state index is -3.75. The van der Waals surface area contributed by atoms with Crippen LogP contribution in [0.5, 0.6) is 0 Å². The fourth-order valence-corrected chi connectivity index (χ4v) is 4.44. The number of carbonyl (C=O) groups is 1. The number of nitrogens with zero attached hydrogens (tertiary/aromatic N) is 1. The van der Waals surface area contributed by atoms with E-state index in [1.54, 1.807) is 18.2 Å². The smallest absolute Gasteiger partial charge is 0.291 e. The molecular weight excluding hydrogens is 433 g/mol. The van der Waals surface area contributed by atoms with E-state index < -0.39 is 21.7 Å². The van der Waals surface area contributed by atoms with Gasteiger partial charge in [-0.2, -0.15) is 0 Å². The van der Waals surface area contributed by atoms with Gasteiger partial charge in [0.25, 0.3) is 15.9 Å².